The number of ether oxygens (including phenoxy) is 1. The average Bonchev–Trinajstić information content (AvgIpc) is 2.39. The van der Waals surface area contributed by atoms with Gasteiger partial charge < -0.3 is 10.5 Å². The second-order valence-corrected chi connectivity index (χ2v) is 4.62. The number of nitrogens with two attached hydrogens (primary N) is 1. The molecule has 2 N–H and O–H groups in total. The van der Waals surface area contributed by atoms with Crippen LogP contribution in [0.15, 0.2) is 24.3 Å². The molecule has 0 saturated carbocycles. The van der Waals surface area contributed by atoms with Gasteiger partial charge in [0.05, 0.1) is 0 Å². The molecule has 2 unspecified atom stereocenters. The Hall–Kier alpha value is -1.20. The van der Waals surface area contributed by atoms with Crippen LogP contribution >= 0.6 is 0 Å². The van der Waals surface area contributed by atoms with Gasteiger partial charge in [0.15, 0.2) is 0 Å². The third-order valence-corrected chi connectivity index (χ3v) is 3.49. The predicted molar refractivity (Wildman–Crippen MR) is 72.4 cm³/mol. The molecule has 0 radical (unpaired) electrons. The maximum Gasteiger partial charge on any atom is 0.387 e. The first-order valence-electron chi connectivity index (χ1n) is 6.46. The van der Waals surface area contributed by atoms with Gasteiger partial charge >= 0.3 is 6.61 Å². The smallest absolute Gasteiger partial charge is 0.387 e. The van der Waals surface area contributed by atoms with Crippen molar-refractivity contribution in [1.82, 2.24) is 4.90 Å². The van der Waals surface area contributed by atoms with E-state index in [1.807, 2.05) is 7.05 Å². The summed E-state index contributed by atoms with van der Waals surface area (Å²) in [5, 5.41) is 0. The number of nitrogens with zero attached hydrogens (tertiary/aromatic N) is 1. The lowest BCUT2D eigenvalue weighted by atomic mass is 10.0. The largest absolute Gasteiger partial charge is 0.435 e. The molecule has 108 valence electrons. The SMILES string of the molecule is CCC(C)N(C)C(CN)c1ccc(OC(F)F)cc1. The number of rotatable bonds is 7. The van der Waals surface area contributed by atoms with E-state index in [0.717, 1.165) is 12.0 Å². The second kappa shape index (κ2) is 7.40. The predicted octanol–water partition coefficient (Wildman–Crippen LogP) is 3.02. The molecule has 0 heterocycles. The molecule has 3 nitrogen and oxygen atoms in total. The highest BCUT2D eigenvalue weighted by Gasteiger charge is 2.19. The highest BCUT2D eigenvalue weighted by molar-refractivity contribution is 5.29. The molecule has 0 aliphatic heterocycles. The number of benzene rings is 1. The summed E-state index contributed by atoms with van der Waals surface area (Å²) in [6.07, 6.45) is 1.03. The Bertz CT molecular complexity index is 370. The molecular weight excluding hydrogens is 250 g/mol. The Morgan fingerprint density at radius 2 is 1.84 bits per heavy atom. The monoisotopic (exact) mass is 272 g/mol. The molecule has 0 aliphatic carbocycles. The van der Waals surface area contributed by atoms with Gasteiger partial charge in [-0.1, -0.05) is 19.1 Å². The van der Waals surface area contributed by atoms with Crippen molar-refractivity contribution in [2.75, 3.05) is 13.6 Å². The fourth-order valence-electron chi connectivity index (χ4n) is 2.00. The Labute approximate surface area is 113 Å². The van der Waals surface area contributed by atoms with Crippen molar-refractivity contribution >= 4 is 0 Å². The van der Waals surface area contributed by atoms with Crippen molar-refractivity contribution in [2.24, 2.45) is 5.73 Å². The van der Waals surface area contributed by atoms with Crippen molar-refractivity contribution in [1.29, 1.82) is 0 Å². The summed E-state index contributed by atoms with van der Waals surface area (Å²) < 4.78 is 28.5. The van der Waals surface area contributed by atoms with E-state index in [0.29, 0.717) is 12.6 Å². The topological polar surface area (TPSA) is 38.5 Å². The van der Waals surface area contributed by atoms with Crippen molar-refractivity contribution in [3.63, 3.8) is 0 Å². The van der Waals surface area contributed by atoms with Gasteiger partial charge in [0, 0.05) is 18.6 Å². The summed E-state index contributed by atoms with van der Waals surface area (Å²) >= 11 is 0. The number of hydrogen-bond donors (Lipinski definition) is 1. The molecule has 0 bridgehead atoms. The molecule has 5 heteroatoms. The zero-order valence-corrected chi connectivity index (χ0v) is 11.6. The Kier molecular flexibility index (Phi) is 6.18. The second-order valence-electron chi connectivity index (χ2n) is 4.62. The standard InChI is InChI=1S/C14H22F2N2O/c1-4-10(2)18(3)13(9-17)11-5-7-12(8-6-11)19-14(15)16/h5-8,10,13-14H,4,9,17H2,1-3H3. The lowest BCUT2D eigenvalue weighted by Crippen LogP contribution is -2.36. The zero-order valence-electron chi connectivity index (χ0n) is 11.6. The fraction of sp³-hybridized carbons (Fsp3) is 0.571. The molecule has 2 atom stereocenters. The van der Waals surface area contributed by atoms with E-state index < -0.39 is 6.61 Å². The van der Waals surface area contributed by atoms with Gasteiger partial charge in [-0.25, -0.2) is 0 Å². The van der Waals surface area contributed by atoms with E-state index in [-0.39, 0.29) is 11.8 Å². The summed E-state index contributed by atoms with van der Waals surface area (Å²) in [6, 6.07) is 7.16. The van der Waals surface area contributed by atoms with Crippen molar-refractivity contribution in [3.05, 3.63) is 29.8 Å². The molecular formula is C14H22F2N2O. The first-order chi connectivity index (χ1) is 8.99. The van der Waals surface area contributed by atoms with Crippen molar-refractivity contribution in [2.45, 2.75) is 39.0 Å². The summed E-state index contributed by atoms with van der Waals surface area (Å²) in [7, 11) is 2.02. The van der Waals surface area contributed by atoms with Crippen LogP contribution in [0.3, 0.4) is 0 Å². The van der Waals surface area contributed by atoms with Crippen molar-refractivity contribution in [3.8, 4) is 5.75 Å². The average molecular weight is 272 g/mol. The van der Waals surface area contributed by atoms with Gasteiger partial charge in [0.1, 0.15) is 5.75 Å². The molecule has 0 aliphatic rings. The Balaban J connectivity index is 2.81. The van der Waals surface area contributed by atoms with Crippen LogP contribution in [0.25, 0.3) is 0 Å². The minimum absolute atomic E-state index is 0.0792. The molecule has 1 rings (SSSR count). The van der Waals surface area contributed by atoms with Gasteiger partial charge in [-0.3, -0.25) is 4.90 Å². The van der Waals surface area contributed by atoms with Crippen LogP contribution in [0.1, 0.15) is 31.9 Å². The van der Waals surface area contributed by atoms with Crippen LogP contribution in [0, 0.1) is 0 Å². The van der Waals surface area contributed by atoms with Crippen LogP contribution < -0.4 is 10.5 Å². The van der Waals surface area contributed by atoms with Gasteiger partial charge in [-0.2, -0.15) is 8.78 Å². The van der Waals surface area contributed by atoms with Crippen molar-refractivity contribution < 1.29 is 13.5 Å². The molecule has 1 aromatic rings. The first-order valence-corrected chi connectivity index (χ1v) is 6.46. The lowest BCUT2D eigenvalue weighted by Gasteiger charge is -2.32. The minimum Gasteiger partial charge on any atom is -0.435 e. The number of alkyl halides is 2. The number of halogens is 2. The third-order valence-electron chi connectivity index (χ3n) is 3.49. The maximum absolute atomic E-state index is 12.1. The summed E-state index contributed by atoms with van der Waals surface area (Å²) in [5.74, 6) is 0.167. The normalized spacial score (nSPS) is 14.7. The Morgan fingerprint density at radius 1 is 1.26 bits per heavy atom. The molecule has 0 spiro atoms. The minimum atomic E-state index is -2.79. The fourth-order valence-corrected chi connectivity index (χ4v) is 2.00. The highest BCUT2D eigenvalue weighted by atomic mass is 19.3. The van der Waals surface area contributed by atoms with E-state index in [1.165, 1.54) is 0 Å². The maximum atomic E-state index is 12.1. The molecule has 1 aromatic carbocycles. The van der Waals surface area contributed by atoms with Crippen LogP contribution in [0.2, 0.25) is 0 Å². The first kappa shape index (κ1) is 15.9. The molecule has 0 fully saturated rings. The van der Waals surface area contributed by atoms with Gasteiger partial charge in [-0.15, -0.1) is 0 Å². The summed E-state index contributed by atoms with van der Waals surface area (Å²) in [6.45, 7) is 1.94. The third kappa shape index (κ3) is 4.44. The summed E-state index contributed by atoms with van der Waals surface area (Å²) in [4.78, 5) is 2.20. The molecule has 0 saturated heterocycles. The quantitative estimate of drug-likeness (QED) is 0.829. The molecule has 0 amide bonds. The highest BCUT2D eigenvalue weighted by Crippen LogP contribution is 2.24. The van der Waals surface area contributed by atoms with Gasteiger partial charge in [0.25, 0.3) is 0 Å². The lowest BCUT2D eigenvalue weighted by molar-refractivity contribution is -0.0498. The summed E-state index contributed by atoms with van der Waals surface area (Å²) in [5.41, 5.74) is 6.83. The molecule has 0 aromatic heterocycles. The number of hydrogen-bond acceptors (Lipinski definition) is 3. The van der Waals surface area contributed by atoms with Crippen LogP contribution in [-0.4, -0.2) is 31.1 Å². The Morgan fingerprint density at radius 3 is 2.26 bits per heavy atom. The van der Waals surface area contributed by atoms with Crippen LogP contribution in [0.5, 0.6) is 5.75 Å². The van der Waals surface area contributed by atoms with Crippen LogP contribution in [0.4, 0.5) is 8.78 Å². The van der Waals surface area contributed by atoms with Crippen LogP contribution in [-0.2, 0) is 0 Å². The van der Waals surface area contributed by atoms with E-state index in [4.69, 9.17) is 5.73 Å². The van der Waals surface area contributed by atoms with E-state index >= 15 is 0 Å². The zero-order chi connectivity index (χ0) is 14.4. The van der Waals surface area contributed by atoms with E-state index in [9.17, 15) is 8.78 Å². The molecule has 19 heavy (non-hydrogen) atoms. The van der Waals surface area contributed by atoms with Gasteiger partial charge in [0.2, 0.25) is 0 Å². The van der Waals surface area contributed by atoms with E-state index in [2.05, 4.69) is 23.5 Å². The number of likely N-dealkylation sites (N-methyl/N-ethyl adjacent to an activating group) is 1. The van der Waals surface area contributed by atoms with Gasteiger partial charge in [-0.05, 0) is 38.1 Å². The van der Waals surface area contributed by atoms with E-state index in [1.54, 1.807) is 24.3 Å².